The number of rotatable bonds is 43. The zero-order chi connectivity index (χ0) is 98.6. The third-order valence-corrected chi connectivity index (χ3v) is 36.0. The van der Waals surface area contributed by atoms with Crippen molar-refractivity contribution in [1.29, 1.82) is 0 Å². The number of nitrogens with one attached hydrogen (secondary N) is 4. The van der Waals surface area contributed by atoms with E-state index < -0.39 is 29.2 Å². The average Bonchev–Trinajstić information content (AvgIpc) is 1.58. The summed E-state index contributed by atoms with van der Waals surface area (Å²) in [6.45, 7) is 43.5. The highest BCUT2D eigenvalue weighted by Gasteiger charge is 2.61. The lowest BCUT2D eigenvalue weighted by Gasteiger charge is -2.47. The van der Waals surface area contributed by atoms with E-state index in [1.807, 2.05) is 48.5 Å². The van der Waals surface area contributed by atoms with Crippen LogP contribution in [0.25, 0.3) is 0 Å². The number of carbonyl (C=O) groups excluding carboxylic acids is 8. The number of nitrogens with zero attached hydrogens (tertiary/aromatic N) is 8. The summed E-state index contributed by atoms with van der Waals surface area (Å²) in [5.74, 6) is 0.141. The molecule has 764 valence electrons. The number of ketones is 1. The van der Waals surface area contributed by atoms with Crippen molar-refractivity contribution in [3.63, 3.8) is 0 Å². The lowest BCUT2D eigenvalue weighted by molar-refractivity contribution is -0.146. The molecular formula is C116H180N12O10. The molecule has 10 aliphatic rings. The molecule has 8 fully saturated rings. The molecule has 4 aromatic carbocycles. The summed E-state index contributed by atoms with van der Waals surface area (Å²) in [5.41, 5.74) is 7.06. The van der Waals surface area contributed by atoms with Gasteiger partial charge in [-0.3, -0.25) is 58.0 Å². The fourth-order valence-corrected chi connectivity index (χ4v) is 25.8. The zero-order valence-electron chi connectivity index (χ0n) is 88.0. The normalized spacial score (nSPS) is 27.2. The first-order valence-corrected chi connectivity index (χ1v) is 55.1. The molecule has 0 bridgehead atoms. The highest BCUT2D eigenvalue weighted by atomic mass is 16.5. The quantitative estimate of drug-likeness (QED) is 0.0302. The summed E-state index contributed by atoms with van der Waals surface area (Å²) < 4.78 is 13.9. The maximum atomic E-state index is 14.8. The molecule has 4 aromatic rings. The molecule has 22 nitrogen and oxygen atoms in total. The topological polar surface area (TPSA) is 229 Å². The van der Waals surface area contributed by atoms with Crippen molar-refractivity contribution in [2.24, 2.45) is 58.2 Å². The third-order valence-electron chi connectivity index (χ3n) is 36.0. The molecule has 18 atom stereocenters. The molecule has 6 heterocycles. The standard InChI is InChI=1S/C58H92N6O6.C58H88N6O4/c1-13-43(6)52(66)60-51(42(4)5)54(68)64-31-27-56(9)36-48(38-62(40-58(56,64)11)29-25-46-22-18-15-19-23-46)70-33-32-69-47-35-55(8)26-30-63(53(67)49(41(2)3)34-50(65)44(7)59-12)57(55,10)39-61(37-47)28-24-45-20-16-14-17-21-45;1-5-41(3)55(65)59-53(45-23-9-7-10-24-45)57(67)63-37-19-27-47(63)39-61(51-33-31-43-21-13-15-29-49(43)51)35-17-18-36-62(52-34-32-44-22-14-16-30-50(44)52)40-48-28-20-38-64(48)58(68)54(46-25-11-8-12-26-46)60-56(66)42(4)6-2/h14-23,41-44,47-49,51,59H,13,24-40H2,1-12H3,(H,60,66);13-16,21-22,29-30,41-42,45-48,51-54H,5-12,17-20,23-28,31-40H2,1-4H3,(H,59,65)(H,60,66)/t43-,44+,47-,48-,49+,51+,55+,56+,57-,58-;41-,42-,47+,48+,51?,52?,53+,54?/m11/s1. The molecule has 14 rings (SSSR count). The number of Topliss-reactive ketones (excluding diaryl/α,β-unsaturated/α-hetero) is 1. The molecular weight excluding hydrogens is 1720 g/mol. The van der Waals surface area contributed by atoms with Crippen LogP contribution in [0.15, 0.2) is 109 Å². The van der Waals surface area contributed by atoms with Crippen molar-refractivity contribution in [1.82, 2.24) is 60.5 Å². The Morgan fingerprint density at radius 2 is 0.848 bits per heavy atom. The molecule has 138 heavy (non-hydrogen) atoms. The van der Waals surface area contributed by atoms with Crippen molar-refractivity contribution in [2.45, 2.75) is 368 Å². The van der Waals surface area contributed by atoms with Crippen molar-refractivity contribution in [3.05, 3.63) is 143 Å². The molecule has 22 heteroatoms. The van der Waals surface area contributed by atoms with Gasteiger partial charge in [0.1, 0.15) is 23.9 Å². The molecule has 4 N–H and O–H groups in total. The second kappa shape index (κ2) is 50.2. The number of likely N-dealkylation sites (N-methyl/N-ethyl adjacent to an activating group) is 1. The minimum absolute atomic E-state index is 0.0170. The van der Waals surface area contributed by atoms with Crippen LogP contribution in [0, 0.1) is 58.2 Å². The Kier molecular flexibility index (Phi) is 39.2. The first-order valence-electron chi connectivity index (χ1n) is 55.1. The third kappa shape index (κ3) is 26.2. The van der Waals surface area contributed by atoms with E-state index in [1.54, 1.807) is 7.05 Å². The van der Waals surface area contributed by atoms with E-state index in [0.717, 1.165) is 252 Å². The van der Waals surface area contributed by atoms with Crippen LogP contribution in [-0.4, -0.2) is 258 Å². The number of unbranched alkanes of at least 4 members (excludes halogenated alkanes) is 1. The molecule has 6 aliphatic heterocycles. The van der Waals surface area contributed by atoms with Gasteiger partial charge in [-0.1, -0.05) is 231 Å². The Balaban J connectivity index is 0.000000233. The van der Waals surface area contributed by atoms with Gasteiger partial charge >= 0.3 is 0 Å². The monoisotopic (exact) mass is 1900 g/mol. The molecule has 4 aliphatic carbocycles. The van der Waals surface area contributed by atoms with E-state index in [1.165, 1.54) is 46.2 Å². The van der Waals surface area contributed by atoms with Crippen LogP contribution in [0.4, 0.5) is 0 Å². The van der Waals surface area contributed by atoms with Gasteiger partial charge in [0.25, 0.3) is 0 Å². The van der Waals surface area contributed by atoms with Gasteiger partial charge in [0, 0.05) is 133 Å². The van der Waals surface area contributed by atoms with Gasteiger partial charge in [-0.25, -0.2) is 0 Å². The van der Waals surface area contributed by atoms with Gasteiger partial charge in [-0.15, -0.1) is 0 Å². The predicted octanol–water partition coefficient (Wildman–Crippen LogP) is 17.6. The van der Waals surface area contributed by atoms with Crippen LogP contribution in [0.5, 0.6) is 0 Å². The summed E-state index contributed by atoms with van der Waals surface area (Å²) in [6.07, 6.45) is 29.1. The molecule has 0 aromatic heterocycles. The molecule has 0 spiro atoms. The lowest BCUT2D eigenvalue weighted by atomic mass is 9.69. The van der Waals surface area contributed by atoms with Gasteiger partial charge in [0.15, 0.2) is 0 Å². The number of benzene rings is 4. The summed E-state index contributed by atoms with van der Waals surface area (Å²) in [7, 11) is 1.80. The smallest absolute Gasteiger partial charge is 0.245 e. The van der Waals surface area contributed by atoms with Gasteiger partial charge in [-0.05, 0) is 256 Å². The molecule has 3 unspecified atom stereocenters. The maximum Gasteiger partial charge on any atom is 0.245 e. The summed E-state index contributed by atoms with van der Waals surface area (Å²) in [5, 5.41) is 12.9. The van der Waals surface area contributed by atoms with E-state index in [2.05, 4.69) is 225 Å². The SMILES string of the molecule is CC[C@@H](C)C(=O)NC(C(=O)N1CCC[C@H]1CN(CCCCN(C[C@@H]1CCCN1C(=O)[C@@H](NC(=O)[C@H](C)CC)C1CCCCC1)C1CCc2ccccc21)C1CCc2ccccc21)C1CCCCC1.CC[C@@H](C)C(=O)N[C@H](C(=O)N1CC[C@@]2(C)C[C@@H](OCCO[C@H]3CN(CCc4ccccc4)C[C@@]4(C)N(C(=O)[C@@H](CC(=O)[C@H](C)NC)C(C)C)CC[C@@]4(C)C3)CN(CCc3ccccc3)C[C@@]12C)C(C)C. The van der Waals surface area contributed by atoms with Crippen molar-refractivity contribution in [3.8, 4) is 0 Å². The van der Waals surface area contributed by atoms with E-state index >= 15 is 0 Å². The van der Waals surface area contributed by atoms with E-state index in [0.29, 0.717) is 38.4 Å². The van der Waals surface area contributed by atoms with E-state index in [4.69, 9.17) is 9.47 Å². The number of amides is 7. The highest BCUT2D eigenvalue weighted by molar-refractivity contribution is 5.92. The van der Waals surface area contributed by atoms with Crippen LogP contribution >= 0.6 is 0 Å². The number of fused-ring (bicyclic) bond motifs is 4. The number of likely N-dealkylation sites (tertiary alicyclic amines) is 6. The molecule has 7 amide bonds. The van der Waals surface area contributed by atoms with Crippen LogP contribution in [0.1, 0.15) is 316 Å². The number of hydrogen-bond donors (Lipinski definition) is 4. The van der Waals surface area contributed by atoms with Crippen molar-refractivity contribution < 1.29 is 47.8 Å². The van der Waals surface area contributed by atoms with Gasteiger partial charge < -0.3 is 50.3 Å². The minimum atomic E-state index is -0.586. The Morgan fingerprint density at radius 3 is 1.25 bits per heavy atom. The lowest BCUT2D eigenvalue weighted by Crippen LogP contribution is -2.62. The van der Waals surface area contributed by atoms with Crippen LogP contribution in [0.2, 0.25) is 0 Å². The van der Waals surface area contributed by atoms with E-state index in [-0.39, 0.29) is 142 Å². The largest absolute Gasteiger partial charge is 0.374 e. The summed E-state index contributed by atoms with van der Waals surface area (Å²) in [4.78, 5) is 132. The predicted molar refractivity (Wildman–Crippen MR) is 553 cm³/mol. The second-order valence-corrected chi connectivity index (χ2v) is 45.8. The first kappa shape index (κ1) is 108. The summed E-state index contributed by atoms with van der Waals surface area (Å²) in [6, 6.07) is 38.5. The fourth-order valence-electron chi connectivity index (χ4n) is 25.8. The van der Waals surface area contributed by atoms with Crippen LogP contribution < -0.4 is 21.3 Å². The van der Waals surface area contributed by atoms with Crippen molar-refractivity contribution in [2.75, 3.05) is 112 Å². The molecule has 0 radical (unpaired) electrons. The molecule has 6 saturated heterocycles. The van der Waals surface area contributed by atoms with Gasteiger partial charge in [0.05, 0.1) is 42.5 Å². The molecule has 2 saturated carbocycles. The van der Waals surface area contributed by atoms with Gasteiger partial charge in [-0.2, -0.15) is 0 Å². The number of hydrogen-bond acceptors (Lipinski definition) is 15. The van der Waals surface area contributed by atoms with Crippen LogP contribution in [-0.2, 0) is 73.5 Å². The number of ether oxygens (including phenoxy) is 2. The Bertz CT molecular complexity index is 4300. The first-order chi connectivity index (χ1) is 66.3. The number of carbonyl (C=O) groups is 8. The Labute approximate surface area is 831 Å². The Hall–Kier alpha value is -7.44. The zero-order valence-corrected chi connectivity index (χ0v) is 88.0. The highest BCUT2D eigenvalue weighted by Crippen LogP contribution is 2.54. The summed E-state index contributed by atoms with van der Waals surface area (Å²) >= 11 is 0. The fraction of sp³-hybridized carbons (Fsp3) is 0.724. The van der Waals surface area contributed by atoms with Crippen molar-refractivity contribution >= 4 is 47.1 Å². The minimum Gasteiger partial charge on any atom is -0.374 e. The second-order valence-electron chi connectivity index (χ2n) is 45.8. The Morgan fingerprint density at radius 1 is 0.449 bits per heavy atom. The van der Waals surface area contributed by atoms with Crippen LogP contribution in [0.3, 0.4) is 0 Å². The maximum absolute atomic E-state index is 14.8. The van der Waals surface area contributed by atoms with E-state index in [9.17, 15) is 38.4 Å². The average molecular weight is 1900 g/mol. The van der Waals surface area contributed by atoms with Gasteiger partial charge in [0.2, 0.25) is 41.4 Å². The number of aryl methyl sites for hydroxylation is 2.